The van der Waals surface area contributed by atoms with Crippen molar-refractivity contribution < 1.29 is 4.79 Å². The smallest absolute Gasteiger partial charge is 0.267 e. The number of hydrogen-bond acceptors (Lipinski definition) is 4. The zero-order valence-electron chi connectivity index (χ0n) is 13.1. The van der Waals surface area contributed by atoms with E-state index in [4.69, 9.17) is 0 Å². The van der Waals surface area contributed by atoms with E-state index in [9.17, 15) is 9.59 Å². The maximum Gasteiger partial charge on any atom is 0.267 e. The van der Waals surface area contributed by atoms with Gasteiger partial charge in [0.2, 0.25) is 5.91 Å². The molecule has 0 bridgehead atoms. The van der Waals surface area contributed by atoms with Crippen LogP contribution in [0.4, 0.5) is 5.69 Å². The van der Waals surface area contributed by atoms with E-state index in [1.165, 1.54) is 10.7 Å². The Labute approximate surface area is 138 Å². The van der Waals surface area contributed by atoms with Crippen molar-refractivity contribution in [2.75, 3.05) is 5.32 Å². The minimum atomic E-state index is -0.749. The number of aromatic nitrogens is 3. The first-order valence-electron chi connectivity index (χ1n) is 7.51. The number of carbonyl (C=O) groups is 1. The SMILES string of the molecule is C[C@@H](C(=O)Nc1cccnc1)n1nc(-c2ccccc2)ccc1=O. The van der Waals surface area contributed by atoms with E-state index in [1.54, 1.807) is 37.5 Å². The normalized spacial score (nSPS) is 11.7. The van der Waals surface area contributed by atoms with Crippen LogP contribution >= 0.6 is 0 Å². The molecule has 1 amide bonds. The lowest BCUT2D eigenvalue weighted by molar-refractivity contribution is -0.119. The van der Waals surface area contributed by atoms with Crippen LogP contribution in [0, 0.1) is 0 Å². The number of anilines is 1. The molecule has 3 aromatic rings. The molecule has 0 spiro atoms. The van der Waals surface area contributed by atoms with Gasteiger partial charge in [-0.2, -0.15) is 5.10 Å². The Hall–Kier alpha value is -3.28. The average Bonchev–Trinajstić information content (AvgIpc) is 2.63. The molecule has 0 aliphatic carbocycles. The second kappa shape index (κ2) is 6.87. The minimum Gasteiger partial charge on any atom is -0.323 e. The second-order valence-corrected chi connectivity index (χ2v) is 5.27. The first kappa shape index (κ1) is 15.6. The summed E-state index contributed by atoms with van der Waals surface area (Å²) in [6.45, 7) is 1.63. The van der Waals surface area contributed by atoms with Crippen LogP contribution < -0.4 is 10.9 Å². The summed E-state index contributed by atoms with van der Waals surface area (Å²) in [6.07, 6.45) is 3.16. The number of amides is 1. The van der Waals surface area contributed by atoms with Gasteiger partial charge in [-0.15, -0.1) is 0 Å². The van der Waals surface area contributed by atoms with Crippen molar-refractivity contribution in [3.05, 3.63) is 77.3 Å². The lowest BCUT2D eigenvalue weighted by atomic mass is 10.1. The monoisotopic (exact) mass is 320 g/mol. The Morgan fingerprint density at radius 2 is 1.88 bits per heavy atom. The van der Waals surface area contributed by atoms with Crippen LogP contribution in [0.1, 0.15) is 13.0 Å². The summed E-state index contributed by atoms with van der Waals surface area (Å²) in [5.41, 5.74) is 1.76. The molecule has 0 aliphatic heterocycles. The molecule has 0 unspecified atom stereocenters. The molecule has 0 aliphatic rings. The van der Waals surface area contributed by atoms with Crippen LogP contribution in [0.3, 0.4) is 0 Å². The van der Waals surface area contributed by atoms with Crippen LogP contribution in [-0.4, -0.2) is 20.7 Å². The van der Waals surface area contributed by atoms with Gasteiger partial charge in [0.15, 0.2) is 0 Å². The van der Waals surface area contributed by atoms with Crippen molar-refractivity contribution in [1.82, 2.24) is 14.8 Å². The molecule has 0 saturated carbocycles. The Morgan fingerprint density at radius 1 is 1.08 bits per heavy atom. The third-order valence-corrected chi connectivity index (χ3v) is 3.57. The van der Waals surface area contributed by atoms with E-state index in [2.05, 4.69) is 15.4 Å². The van der Waals surface area contributed by atoms with Crippen molar-refractivity contribution in [2.24, 2.45) is 0 Å². The third kappa shape index (κ3) is 3.38. The highest BCUT2D eigenvalue weighted by Crippen LogP contribution is 2.15. The van der Waals surface area contributed by atoms with Gasteiger partial charge in [-0.1, -0.05) is 30.3 Å². The van der Waals surface area contributed by atoms with Crippen LogP contribution in [0.15, 0.2) is 71.8 Å². The van der Waals surface area contributed by atoms with Gasteiger partial charge in [0.05, 0.1) is 17.6 Å². The number of rotatable bonds is 4. The van der Waals surface area contributed by atoms with E-state index in [0.717, 1.165) is 5.56 Å². The second-order valence-electron chi connectivity index (χ2n) is 5.27. The van der Waals surface area contributed by atoms with E-state index in [-0.39, 0.29) is 11.5 Å². The van der Waals surface area contributed by atoms with E-state index < -0.39 is 6.04 Å². The molecule has 6 nitrogen and oxygen atoms in total. The summed E-state index contributed by atoms with van der Waals surface area (Å²) in [5.74, 6) is -0.331. The number of pyridine rings is 1. The first-order chi connectivity index (χ1) is 11.6. The molecule has 120 valence electrons. The van der Waals surface area contributed by atoms with Crippen molar-refractivity contribution in [2.45, 2.75) is 13.0 Å². The highest BCUT2D eigenvalue weighted by molar-refractivity contribution is 5.93. The molecule has 1 atom stereocenters. The molecule has 2 heterocycles. The lowest BCUT2D eigenvalue weighted by Gasteiger charge is -2.14. The predicted octanol–water partition coefficient (Wildman–Crippen LogP) is 2.51. The summed E-state index contributed by atoms with van der Waals surface area (Å²) in [7, 11) is 0. The summed E-state index contributed by atoms with van der Waals surface area (Å²) in [6, 6.07) is 15.3. The number of carbonyl (C=O) groups excluding carboxylic acids is 1. The van der Waals surface area contributed by atoms with Crippen molar-refractivity contribution in [3.63, 3.8) is 0 Å². The summed E-state index contributed by atoms with van der Waals surface area (Å²) >= 11 is 0. The molecular weight excluding hydrogens is 304 g/mol. The summed E-state index contributed by atoms with van der Waals surface area (Å²) in [5, 5.41) is 7.06. The van der Waals surface area contributed by atoms with Gasteiger partial charge in [0, 0.05) is 17.8 Å². The van der Waals surface area contributed by atoms with Gasteiger partial charge in [0.1, 0.15) is 6.04 Å². The van der Waals surface area contributed by atoms with Gasteiger partial charge < -0.3 is 5.32 Å². The van der Waals surface area contributed by atoms with E-state index in [1.807, 2.05) is 30.3 Å². The maximum absolute atomic E-state index is 12.4. The van der Waals surface area contributed by atoms with Crippen LogP contribution in [0.25, 0.3) is 11.3 Å². The quantitative estimate of drug-likeness (QED) is 0.801. The first-order valence-corrected chi connectivity index (χ1v) is 7.51. The van der Waals surface area contributed by atoms with Crippen molar-refractivity contribution >= 4 is 11.6 Å². The Bertz CT molecular complexity index is 892. The number of benzene rings is 1. The molecule has 1 aromatic carbocycles. The zero-order valence-corrected chi connectivity index (χ0v) is 13.1. The Balaban J connectivity index is 1.88. The predicted molar refractivity (Wildman–Crippen MR) is 91.5 cm³/mol. The van der Waals surface area contributed by atoms with Gasteiger partial charge in [-0.3, -0.25) is 14.6 Å². The molecule has 0 radical (unpaired) electrons. The standard InChI is InChI=1S/C18H16N4O2/c1-13(18(24)20-15-8-5-11-19-12-15)22-17(23)10-9-16(21-22)14-6-3-2-4-7-14/h2-13H,1H3,(H,20,24)/t13-/m0/s1. The number of nitrogens with zero attached hydrogens (tertiary/aromatic N) is 3. The highest BCUT2D eigenvalue weighted by atomic mass is 16.2. The van der Waals surface area contributed by atoms with Crippen molar-refractivity contribution in [3.8, 4) is 11.3 Å². The molecule has 2 aromatic heterocycles. The molecule has 24 heavy (non-hydrogen) atoms. The van der Waals surface area contributed by atoms with Crippen LogP contribution in [0.2, 0.25) is 0 Å². The molecule has 6 heteroatoms. The highest BCUT2D eigenvalue weighted by Gasteiger charge is 2.18. The van der Waals surface area contributed by atoms with Gasteiger partial charge >= 0.3 is 0 Å². The third-order valence-electron chi connectivity index (χ3n) is 3.57. The molecule has 0 fully saturated rings. The van der Waals surface area contributed by atoms with Crippen molar-refractivity contribution in [1.29, 1.82) is 0 Å². The van der Waals surface area contributed by atoms with Gasteiger partial charge in [-0.05, 0) is 25.1 Å². The van der Waals surface area contributed by atoms with E-state index >= 15 is 0 Å². The lowest BCUT2D eigenvalue weighted by Crippen LogP contribution is -2.33. The van der Waals surface area contributed by atoms with Crippen LogP contribution in [0.5, 0.6) is 0 Å². The Kier molecular flexibility index (Phi) is 4.47. The zero-order chi connectivity index (χ0) is 16.9. The van der Waals surface area contributed by atoms with Gasteiger partial charge in [0.25, 0.3) is 5.56 Å². The van der Waals surface area contributed by atoms with Gasteiger partial charge in [-0.25, -0.2) is 4.68 Å². The van der Waals surface area contributed by atoms with E-state index in [0.29, 0.717) is 11.4 Å². The summed E-state index contributed by atoms with van der Waals surface area (Å²) in [4.78, 5) is 28.4. The topological polar surface area (TPSA) is 76.9 Å². The molecule has 1 N–H and O–H groups in total. The average molecular weight is 320 g/mol. The Morgan fingerprint density at radius 3 is 2.58 bits per heavy atom. The largest absolute Gasteiger partial charge is 0.323 e. The number of nitrogens with one attached hydrogen (secondary N) is 1. The number of hydrogen-bond donors (Lipinski definition) is 1. The fourth-order valence-corrected chi connectivity index (χ4v) is 2.26. The van der Waals surface area contributed by atoms with Crippen LogP contribution in [-0.2, 0) is 4.79 Å². The minimum absolute atomic E-state index is 0.330. The molecule has 0 saturated heterocycles. The fourth-order valence-electron chi connectivity index (χ4n) is 2.26. The molecular formula is C18H16N4O2. The maximum atomic E-state index is 12.4. The fraction of sp³-hybridized carbons (Fsp3) is 0.111. The summed E-state index contributed by atoms with van der Waals surface area (Å²) < 4.78 is 1.19. The molecule has 3 rings (SSSR count).